The molecule has 3 nitrogen and oxygen atoms in total. The molecule has 0 aromatic heterocycles. The predicted molar refractivity (Wildman–Crippen MR) is 67.6 cm³/mol. The average molecular weight is 248 g/mol. The molecule has 2 fully saturated rings. The summed E-state index contributed by atoms with van der Waals surface area (Å²) in [7, 11) is 0. The largest absolute Gasteiger partial charge is 0.399 e. The van der Waals surface area contributed by atoms with Crippen molar-refractivity contribution in [3.8, 4) is 0 Å². The quantitative estimate of drug-likeness (QED) is 0.832. The maximum Gasteiger partial charge on any atom is 0.254 e. The van der Waals surface area contributed by atoms with Crippen molar-refractivity contribution in [1.29, 1.82) is 0 Å². The highest BCUT2D eigenvalue weighted by Gasteiger charge is 2.36. The van der Waals surface area contributed by atoms with Crippen LogP contribution in [0.1, 0.15) is 36.0 Å². The number of anilines is 1. The van der Waals surface area contributed by atoms with Crippen molar-refractivity contribution in [2.75, 3.05) is 12.3 Å². The SMILES string of the molecule is Nc1cc(F)cc(C(=O)N(CC2CC2)C2CC2)c1. The Morgan fingerprint density at radius 3 is 2.56 bits per heavy atom. The van der Waals surface area contributed by atoms with E-state index in [-0.39, 0.29) is 5.91 Å². The zero-order chi connectivity index (χ0) is 12.7. The number of rotatable bonds is 4. The Morgan fingerprint density at radius 2 is 2.00 bits per heavy atom. The van der Waals surface area contributed by atoms with Crippen molar-refractivity contribution in [2.45, 2.75) is 31.7 Å². The van der Waals surface area contributed by atoms with Crippen molar-refractivity contribution in [1.82, 2.24) is 4.90 Å². The fourth-order valence-corrected chi connectivity index (χ4v) is 2.26. The summed E-state index contributed by atoms with van der Waals surface area (Å²) in [6.07, 6.45) is 4.57. The zero-order valence-electron chi connectivity index (χ0n) is 10.2. The third kappa shape index (κ3) is 2.47. The topological polar surface area (TPSA) is 46.3 Å². The van der Waals surface area contributed by atoms with Crippen LogP contribution in [0, 0.1) is 11.7 Å². The third-order valence-electron chi connectivity index (χ3n) is 3.57. The molecule has 1 amide bonds. The van der Waals surface area contributed by atoms with Crippen LogP contribution in [0.4, 0.5) is 10.1 Å². The maximum absolute atomic E-state index is 13.3. The highest BCUT2D eigenvalue weighted by atomic mass is 19.1. The molecular formula is C14H17FN2O. The molecule has 0 spiro atoms. The van der Waals surface area contributed by atoms with Gasteiger partial charge in [0.25, 0.3) is 5.91 Å². The van der Waals surface area contributed by atoms with Crippen molar-refractivity contribution < 1.29 is 9.18 Å². The minimum atomic E-state index is -0.444. The molecule has 0 aliphatic heterocycles. The first-order chi connectivity index (χ1) is 8.63. The Bertz CT molecular complexity index is 460. The molecule has 4 heteroatoms. The minimum absolute atomic E-state index is 0.0735. The molecule has 2 aliphatic carbocycles. The molecule has 2 saturated carbocycles. The van der Waals surface area contributed by atoms with Gasteiger partial charge in [-0.2, -0.15) is 0 Å². The molecule has 0 saturated heterocycles. The highest BCUT2D eigenvalue weighted by molar-refractivity contribution is 5.95. The second-order valence-electron chi connectivity index (χ2n) is 5.41. The summed E-state index contributed by atoms with van der Waals surface area (Å²) in [5.74, 6) is 0.136. The van der Waals surface area contributed by atoms with Crippen molar-refractivity contribution in [3.05, 3.63) is 29.6 Å². The van der Waals surface area contributed by atoms with Crippen molar-refractivity contribution in [2.24, 2.45) is 5.92 Å². The number of benzene rings is 1. The van der Waals surface area contributed by atoms with Gasteiger partial charge in [-0.1, -0.05) is 0 Å². The fourth-order valence-electron chi connectivity index (χ4n) is 2.26. The van der Waals surface area contributed by atoms with Crippen LogP contribution in [-0.4, -0.2) is 23.4 Å². The van der Waals surface area contributed by atoms with Gasteiger partial charge >= 0.3 is 0 Å². The number of nitrogens with two attached hydrogens (primary N) is 1. The summed E-state index contributed by atoms with van der Waals surface area (Å²) < 4.78 is 13.3. The summed E-state index contributed by atoms with van der Waals surface area (Å²) >= 11 is 0. The van der Waals surface area contributed by atoms with E-state index in [1.165, 1.54) is 25.0 Å². The summed E-state index contributed by atoms with van der Waals surface area (Å²) in [5.41, 5.74) is 6.27. The second-order valence-corrected chi connectivity index (χ2v) is 5.41. The third-order valence-corrected chi connectivity index (χ3v) is 3.57. The Kier molecular flexibility index (Phi) is 2.73. The van der Waals surface area contributed by atoms with E-state index >= 15 is 0 Å². The summed E-state index contributed by atoms with van der Waals surface area (Å²) in [4.78, 5) is 14.3. The van der Waals surface area contributed by atoms with Crippen LogP contribution < -0.4 is 5.73 Å². The minimum Gasteiger partial charge on any atom is -0.399 e. The number of carbonyl (C=O) groups is 1. The Labute approximate surface area is 106 Å². The van der Waals surface area contributed by atoms with E-state index in [4.69, 9.17) is 5.73 Å². The fraction of sp³-hybridized carbons (Fsp3) is 0.500. The average Bonchev–Trinajstić information content (AvgIpc) is 3.15. The Balaban J connectivity index is 1.81. The molecule has 0 bridgehead atoms. The van der Waals surface area contributed by atoms with E-state index in [1.807, 2.05) is 4.90 Å². The number of amides is 1. The lowest BCUT2D eigenvalue weighted by atomic mass is 10.1. The van der Waals surface area contributed by atoms with Gasteiger partial charge in [0.1, 0.15) is 5.82 Å². The van der Waals surface area contributed by atoms with Crippen LogP contribution in [0.2, 0.25) is 0 Å². The van der Waals surface area contributed by atoms with Gasteiger partial charge in [-0.15, -0.1) is 0 Å². The predicted octanol–water partition coefficient (Wildman–Crippen LogP) is 2.42. The Morgan fingerprint density at radius 1 is 1.28 bits per heavy atom. The summed E-state index contributed by atoms with van der Waals surface area (Å²) in [6.45, 7) is 0.819. The van der Waals surface area contributed by atoms with E-state index < -0.39 is 5.82 Å². The second kappa shape index (κ2) is 4.26. The van der Waals surface area contributed by atoms with Gasteiger partial charge < -0.3 is 10.6 Å². The molecule has 0 atom stereocenters. The number of carbonyl (C=O) groups excluding carboxylic acids is 1. The molecule has 3 rings (SSSR count). The van der Waals surface area contributed by atoms with Gasteiger partial charge in [-0.25, -0.2) is 4.39 Å². The van der Waals surface area contributed by atoms with Crippen LogP contribution in [0.3, 0.4) is 0 Å². The zero-order valence-corrected chi connectivity index (χ0v) is 10.2. The molecule has 1 aromatic rings. The molecule has 2 aliphatic rings. The molecule has 2 N–H and O–H groups in total. The molecule has 1 aromatic carbocycles. The van der Waals surface area contributed by atoms with Crippen molar-refractivity contribution in [3.63, 3.8) is 0 Å². The van der Waals surface area contributed by atoms with E-state index in [0.29, 0.717) is 23.2 Å². The lowest BCUT2D eigenvalue weighted by Gasteiger charge is -2.22. The van der Waals surface area contributed by atoms with Gasteiger partial charge in [0.2, 0.25) is 0 Å². The van der Waals surface area contributed by atoms with Gasteiger partial charge in [-0.05, 0) is 49.8 Å². The monoisotopic (exact) mass is 248 g/mol. The molecular weight excluding hydrogens is 231 g/mol. The standard InChI is InChI=1S/C14H17FN2O/c15-11-5-10(6-12(16)7-11)14(18)17(13-3-4-13)8-9-1-2-9/h5-7,9,13H,1-4,8,16H2. The lowest BCUT2D eigenvalue weighted by Crippen LogP contribution is -2.35. The number of nitrogen functional groups attached to an aromatic ring is 1. The van der Waals surface area contributed by atoms with E-state index in [2.05, 4.69) is 0 Å². The smallest absolute Gasteiger partial charge is 0.254 e. The van der Waals surface area contributed by atoms with E-state index in [0.717, 1.165) is 19.4 Å². The number of hydrogen-bond acceptors (Lipinski definition) is 2. The molecule has 0 radical (unpaired) electrons. The van der Waals surface area contributed by atoms with Crippen LogP contribution in [0.25, 0.3) is 0 Å². The van der Waals surface area contributed by atoms with E-state index in [1.54, 1.807) is 6.07 Å². The first-order valence-corrected chi connectivity index (χ1v) is 6.50. The first-order valence-electron chi connectivity index (χ1n) is 6.50. The first kappa shape index (κ1) is 11.5. The highest BCUT2D eigenvalue weighted by Crippen LogP contribution is 2.35. The molecule has 0 unspecified atom stereocenters. The Hall–Kier alpha value is -1.58. The number of halogens is 1. The normalized spacial score (nSPS) is 18.7. The summed E-state index contributed by atoms with van der Waals surface area (Å²) in [6, 6.07) is 4.44. The number of hydrogen-bond donors (Lipinski definition) is 1. The van der Waals surface area contributed by atoms with Gasteiger partial charge in [0.05, 0.1) is 0 Å². The summed E-state index contributed by atoms with van der Waals surface area (Å²) in [5, 5.41) is 0. The van der Waals surface area contributed by atoms with Crippen LogP contribution in [0.5, 0.6) is 0 Å². The molecule has 0 heterocycles. The van der Waals surface area contributed by atoms with Gasteiger partial charge in [-0.3, -0.25) is 4.79 Å². The van der Waals surface area contributed by atoms with Crippen LogP contribution in [0.15, 0.2) is 18.2 Å². The van der Waals surface area contributed by atoms with Gasteiger partial charge in [0.15, 0.2) is 0 Å². The molecule has 96 valence electrons. The number of nitrogens with zero attached hydrogens (tertiary/aromatic N) is 1. The van der Waals surface area contributed by atoms with Crippen LogP contribution in [-0.2, 0) is 0 Å². The maximum atomic E-state index is 13.3. The van der Waals surface area contributed by atoms with E-state index in [9.17, 15) is 9.18 Å². The van der Waals surface area contributed by atoms with Gasteiger partial charge in [0, 0.05) is 23.8 Å². The van der Waals surface area contributed by atoms with Crippen molar-refractivity contribution >= 4 is 11.6 Å². The lowest BCUT2D eigenvalue weighted by molar-refractivity contribution is 0.0734. The molecule has 18 heavy (non-hydrogen) atoms. The van der Waals surface area contributed by atoms with Crippen LogP contribution >= 0.6 is 0 Å².